The first-order valence-corrected chi connectivity index (χ1v) is 11.0. The van der Waals surface area contributed by atoms with Gasteiger partial charge in [-0.2, -0.15) is 0 Å². The zero-order valence-corrected chi connectivity index (χ0v) is 18.1. The van der Waals surface area contributed by atoms with Crippen LogP contribution in [0, 0.1) is 0 Å². The number of aromatic nitrogens is 1. The monoisotopic (exact) mass is 419 g/mol. The van der Waals surface area contributed by atoms with Crippen molar-refractivity contribution in [2.45, 2.75) is 20.4 Å². The van der Waals surface area contributed by atoms with Crippen LogP contribution in [0.2, 0.25) is 0 Å². The number of benzene rings is 2. The minimum absolute atomic E-state index is 0.203. The summed E-state index contributed by atoms with van der Waals surface area (Å²) in [6.45, 7) is 6.73. The molecule has 2 amide bonds. The number of carbonyl (C=O) groups is 2. The predicted molar refractivity (Wildman–Crippen MR) is 123 cm³/mol. The smallest absolute Gasteiger partial charge is 0.294 e. The molecule has 5 nitrogen and oxygen atoms in total. The van der Waals surface area contributed by atoms with Gasteiger partial charge in [-0.25, -0.2) is 0 Å². The Labute approximate surface area is 181 Å². The lowest BCUT2D eigenvalue weighted by molar-refractivity contribution is -0.124. The molecular formula is C24H25N3O2S. The molecule has 0 bridgehead atoms. The van der Waals surface area contributed by atoms with E-state index in [9.17, 15) is 9.59 Å². The minimum atomic E-state index is -0.211. The Morgan fingerprint density at radius 2 is 1.67 bits per heavy atom. The number of fused-ring (bicyclic) bond motifs is 1. The second kappa shape index (κ2) is 8.90. The van der Waals surface area contributed by atoms with Crippen molar-refractivity contribution < 1.29 is 9.59 Å². The number of nitrogens with zero attached hydrogens (tertiary/aromatic N) is 3. The van der Waals surface area contributed by atoms with Crippen LogP contribution in [0.4, 0.5) is 4.79 Å². The molecule has 0 unspecified atom stereocenters. The second-order valence-corrected chi connectivity index (χ2v) is 8.26. The molecule has 0 radical (unpaired) electrons. The molecular weight excluding hydrogens is 394 g/mol. The number of rotatable bonds is 7. The Morgan fingerprint density at radius 1 is 0.967 bits per heavy atom. The molecule has 154 valence electrons. The molecule has 1 saturated heterocycles. The SMILES string of the molecule is CCN(CC)CN1C(=O)SC(=Cc2cn(Cc3ccccc3)c3ccccc23)C1=O. The van der Waals surface area contributed by atoms with Crippen LogP contribution >= 0.6 is 11.8 Å². The van der Waals surface area contributed by atoms with E-state index in [4.69, 9.17) is 0 Å². The van der Waals surface area contributed by atoms with E-state index in [1.165, 1.54) is 10.5 Å². The van der Waals surface area contributed by atoms with Gasteiger partial charge in [-0.05, 0) is 42.6 Å². The molecule has 0 spiro atoms. The Morgan fingerprint density at radius 3 is 2.40 bits per heavy atom. The molecule has 0 saturated carbocycles. The zero-order valence-electron chi connectivity index (χ0n) is 17.2. The molecule has 1 fully saturated rings. The van der Waals surface area contributed by atoms with Gasteiger partial charge < -0.3 is 4.57 Å². The zero-order chi connectivity index (χ0) is 21.1. The Bertz CT molecular complexity index is 1100. The summed E-state index contributed by atoms with van der Waals surface area (Å²) >= 11 is 1.02. The topological polar surface area (TPSA) is 45.5 Å². The van der Waals surface area contributed by atoms with Gasteiger partial charge in [0.15, 0.2) is 0 Å². The van der Waals surface area contributed by atoms with Gasteiger partial charge in [0.2, 0.25) is 0 Å². The highest BCUT2D eigenvalue weighted by Gasteiger charge is 2.35. The molecule has 4 rings (SSSR count). The lowest BCUT2D eigenvalue weighted by atomic mass is 10.1. The van der Waals surface area contributed by atoms with Gasteiger partial charge in [0.05, 0.1) is 11.6 Å². The van der Waals surface area contributed by atoms with Gasteiger partial charge >= 0.3 is 0 Å². The van der Waals surface area contributed by atoms with E-state index in [2.05, 4.69) is 39.9 Å². The summed E-state index contributed by atoms with van der Waals surface area (Å²) in [6, 6.07) is 18.5. The van der Waals surface area contributed by atoms with E-state index in [-0.39, 0.29) is 11.1 Å². The van der Waals surface area contributed by atoms with Crippen LogP contribution in [-0.4, -0.2) is 45.3 Å². The standard InChI is InChI=1S/C24H25N3O2S/c1-3-25(4-2)17-27-23(28)22(30-24(27)29)14-19-16-26(15-18-10-6-5-7-11-18)21-13-9-8-12-20(19)21/h5-14,16H,3-4,15,17H2,1-2H3. The molecule has 1 aliphatic rings. The average Bonchev–Trinajstić information content (AvgIpc) is 3.24. The molecule has 30 heavy (non-hydrogen) atoms. The third-order valence-electron chi connectivity index (χ3n) is 5.41. The third kappa shape index (κ3) is 4.06. The summed E-state index contributed by atoms with van der Waals surface area (Å²) in [7, 11) is 0. The van der Waals surface area contributed by atoms with Gasteiger partial charge in [0, 0.05) is 29.2 Å². The van der Waals surface area contributed by atoms with Gasteiger partial charge in [0.1, 0.15) is 0 Å². The van der Waals surface area contributed by atoms with Crippen LogP contribution in [0.1, 0.15) is 25.0 Å². The predicted octanol–water partition coefficient (Wildman–Crippen LogP) is 5.03. The van der Waals surface area contributed by atoms with Crippen LogP contribution in [0.25, 0.3) is 17.0 Å². The second-order valence-electron chi connectivity index (χ2n) is 7.27. The summed E-state index contributed by atoms with van der Waals surface area (Å²) in [5.74, 6) is -0.211. The largest absolute Gasteiger partial charge is 0.342 e. The van der Waals surface area contributed by atoms with Crippen molar-refractivity contribution in [2.75, 3.05) is 19.8 Å². The van der Waals surface area contributed by atoms with E-state index in [0.717, 1.165) is 47.9 Å². The quantitative estimate of drug-likeness (QED) is 0.504. The highest BCUT2D eigenvalue weighted by Crippen LogP contribution is 2.34. The average molecular weight is 420 g/mol. The van der Waals surface area contributed by atoms with Crippen molar-refractivity contribution in [1.82, 2.24) is 14.4 Å². The van der Waals surface area contributed by atoms with E-state index in [1.807, 2.05) is 50.3 Å². The molecule has 2 aromatic carbocycles. The molecule has 1 aliphatic heterocycles. The van der Waals surface area contributed by atoms with Gasteiger partial charge in [-0.3, -0.25) is 19.4 Å². The van der Waals surface area contributed by atoms with Crippen LogP contribution in [0.15, 0.2) is 65.7 Å². The van der Waals surface area contributed by atoms with Crippen LogP contribution in [0.3, 0.4) is 0 Å². The van der Waals surface area contributed by atoms with E-state index in [0.29, 0.717) is 11.6 Å². The number of imide groups is 1. The van der Waals surface area contributed by atoms with Crippen molar-refractivity contribution in [3.63, 3.8) is 0 Å². The summed E-state index contributed by atoms with van der Waals surface area (Å²) in [4.78, 5) is 29.2. The van der Waals surface area contributed by atoms with Crippen molar-refractivity contribution in [1.29, 1.82) is 0 Å². The van der Waals surface area contributed by atoms with Crippen LogP contribution < -0.4 is 0 Å². The fourth-order valence-electron chi connectivity index (χ4n) is 3.69. The first kappa shape index (κ1) is 20.4. The number of para-hydroxylation sites is 1. The Balaban J connectivity index is 1.66. The van der Waals surface area contributed by atoms with E-state index >= 15 is 0 Å². The highest BCUT2D eigenvalue weighted by atomic mass is 32.2. The summed E-state index contributed by atoms with van der Waals surface area (Å²) < 4.78 is 2.19. The van der Waals surface area contributed by atoms with Crippen LogP contribution in [-0.2, 0) is 11.3 Å². The number of hydrogen-bond donors (Lipinski definition) is 0. The van der Waals surface area contributed by atoms with Crippen molar-refractivity contribution in [3.8, 4) is 0 Å². The third-order valence-corrected chi connectivity index (χ3v) is 6.32. The molecule has 1 aromatic heterocycles. The first-order valence-electron chi connectivity index (χ1n) is 10.2. The Hall–Kier alpha value is -2.83. The maximum absolute atomic E-state index is 12.9. The molecule has 0 N–H and O–H groups in total. The highest BCUT2D eigenvalue weighted by molar-refractivity contribution is 8.18. The first-order chi connectivity index (χ1) is 14.6. The molecule has 0 aliphatic carbocycles. The molecule has 2 heterocycles. The van der Waals surface area contributed by atoms with Gasteiger partial charge in [0.25, 0.3) is 11.1 Å². The molecule has 0 atom stereocenters. The normalized spacial score (nSPS) is 15.8. The summed E-state index contributed by atoms with van der Waals surface area (Å²) in [5, 5.41) is 0.871. The van der Waals surface area contributed by atoms with Gasteiger partial charge in [-0.1, -0.05) is 62.4 Å². The number of amides is 2. The maximum Gasteiger partial charge on any atom is 0.294 e. The number of carbonyl (C=O) groups excluding carboxylic acids is 2. The van der Waals surface area contributed by atoms with Gasteiger partial charge in [-0.15, -0.1) is 0 Å². The Kier molecular flexibility index (Phi) is 6.06. The van der Waals surface area contributed by atoms with Crippen molar-refractivity contribution in [2.24, 2.45) is 0 Å². The summed E-state index contributed by atoms with van der Waals surface area (Å²) in [6.07, 6.45) is 3.92. The van der Waals surface area contributed by atoms with E-state index < -0.39 is 0 Å². The summed E-state index contributed by atoms with van der Waals surface area (Å²) in [5.41, 5.74) is 3.27. The number of hydrogen-bond acceptors (Lipinski definition) is 4. The molecule has 3 aromatic rings. The fourth-order valence-corrected chi connectivity index (χ4v) is 4.51. The fraction of sp³-hybridized carbons (Fsp3) is 0.250. The molecule has 6 heteroatoms. The number of thioether (sulfide) groups is 1. The minimum Gasteiger partial charge on any atom is -0.342 e. The lowest BCUT2D eigenvalue weighted by Gasteiger charge is -2.23. The van der Waals surface area contributed by atoms with Crippen molar-refractivity contribution in [3.05, 3.63) is 76.8 Å². The van der Waals surface area contributed by atoms with Crippen molar-refractivity contribution >= 4 is 39.9 Å². The van der Waals surface area contributed by atoms with Crippen LogP contribution in [0.5, 0.6) is 0 Å². The lowest BCUT2D eigenvalue weighted by Crippen LogP contribution is -2.40. The van der Waals surface area contributed by atoms with E-state index in [1.54, 1.807) is 0 Å². The maximum atomic E-state index is 12.9.